The number of carbonyl (C=O) groups is 1. The van der Waals surface area contributed by atoms with Crippen LogP contribution in [-0.2, 0) is 19.3 Å². The minimum absolute atomic E-state index is 0.176. The van der Waals surface area contributed by atoms with E-state index in [9.17, 15) is 13.2 Å². The number of ether oxygens (including phenoxy) is 2. The van der Waals surface area contributed by atoms with E-state index in [1.54, 1.807) is 6.92 Å². The third-order valence-corrected chi connectivity index (χ3v) is 5.40. The number of morpholine rings is 1. The molecular formula is C13H23N3O5S. The first-order valence-electron chi connectivity index (χ1n) is 7.44. The second-order valence-corrected chi connectivity index (χ2v) is 7.67. The van der Waals surface area contributed by atoms with Crippen molar-refractivity contribution >= 4 is 21.8 Å². The van der Waals surface area contributed by atoms with E-state index in [1.165, 1.54) is 0 Å². The summed E-state index contributed by atoms with van der Waals surface area (Å²) in [4.78, 5) is 19.5. The molecule has 0 unspecified atom stereocenters. The van der Waals surface area contributed by atoms with Crippen molar-refractivity contribution in [2.45, 2.75) is 6.92 Å². The van der Waals surface area contributed by atoms with Gasteiger partial charge in [-0.1, -0.05) is 0 Å². The standard InChI is InChI=1S/C13H23N3O5S/c1-12(16-3-7-20-8-4-16)14-13(17)21-9-2-15-5-10-22(18,19)11-6-15/h2-11H2,1H3/b14-12-. The van der Waals surface area contributed by atoms with Crippen LogP contribution in [0.4, 0.5) is 4.79 Å². The molecule has 22 heavy (non-hydrogen) atoms. The van der Waals surface area contributed by atoms with Crippen LogP contribution in [0.15, 0.2) is 4.99 Å². The van der Waals surface area contributed by atoms with Crippen molar-refractivity contribution in [1.29, 1.82) is 0 Å². The molecule has 0 aliphatic carbocycles. The van der Waals surface area contributed by atoms with Crippen LogP contribution >= 0.6 is 0 Å². The molecule has 2 aliphatic rings. The summed E-state index contributed by atoms with van der Waals surface area (Å²) in [5, 5.41) is 0. The molecule has 0 N–H and O–H groups in total. The van der Waals surface area contributed by atoms with Gasteiger partial charge in [-0.25, -0.2) is 13.2 Å². The van der Waals surface area contributed by atoms with Crippen molar-refractivity contribution in [2.75, 3.05) is 64.1 Å². The maximum absolute atomic E-state index is 11.7. The number of amidine groups is 1. The monoisotopic (exact) mass is 333 g/mol. The second kappa shape index (κ2) is 7.89. The fourth-order valence-electron chi connectivity index (χ4n) is 2.36. The summed E-state index contributed by atoms with van der Waals surface area (Å²) in [6.45, 7) is 6.26. The molecule has 0 bridgehead atoms. The maximum Gasteiger partial charge on any atom is 0.435 e. The van der Waals surface area contributed by atoms with Crippen LogP contribution in [-0.4, -0.2) is 94.2 Å². The van der Waals surface area contributed by atoms with Gasteiger partial charge in [-0.3, -0.25) is 4.90 Å². The van der Waals surface area contributed by atoms with Gasteiger partial charge in [-0.05, 0) is 6.92 Å². The zero-order chi connectivity index (χ0) is 16.0. The summed E-state index contributed by atoms with van der Waals surface area (Å²) in [6.07, 6.45) is -0.603. The fraction of sp³-hybridized carbons (Fsp3) is 0.846. The molecule has 8 nitrogen and oxygen atoms in total. The van der Waals surface area contributed by atoms with Gasteiger partial charge in [-0.15, -0.1) is 0 Å². The van der Waals surface area contributed by atoms with Gasteiger partial charge in [0.1, 0.15) is 12.4 Å². The number of nitrogens with zero attached hydrogens (tertiary/aromatic N) is 3. The molecule has 2 fully saturated rings. The number of sulfone groups is 1. The van der Waals surface area contributed by atoms with Gasteiger partial charge < -0.3 is 14.4 Å². The highest BCUT2D eigenvalue weighted by molar-refractivity contribution is 7.91. The number of rotatable bonds is 3. The van der Waals surface area contributed by atoms with E-state index >= 15 is 0 Å². The highest BCUT2D eigenvalue weighted by Crippen LogP contribution is 2.03. The Morgan fingerprint density at radius 3 is 2.45 bits per heavy atom. The van der Waals surface area contributed by atoms with Gasteiger partial charge in [0.05, 0.1) is 24.7 Å². The third kappa shape index (κ3) is 5.54. The van der Waals surface area contributed by atoms with Crippen molar-refractivity contribution in [3.63, 3.8) is 0 Å². The predicted molar refractivity (Wildman–Crippen MR) is 81.9 cm³/mol. The Labute approximate surface area is 131 Å². The Kier molecular flexibility index (Phi) is 6.16. The first-order chi connectivity index (χ1) is 10.5. The number of hydrogen-bond acceptors (Lipinski definition) is 6. The van der Waals surface area contributed by atoms with E-state index < -0.39 is 15.9 Å². The Bertz CT molecular complexity index is 500. The highest BCUT2D eigenvalue weighted by Gasteiger charge is 2.21. The molecule has 0 spiro atoms. The largest absolute Gasteiger partial charge is 0.447 e. The molecule has 0 aromatic carbocycles. The lowest BCUT2D eigenvalue weighted by Gasteiger charge is -2.28. The molecule has 0 atom stereocenters. The zero-order valence-electron chi connectivity index (χ0n) is 12.9. The number of carbonyl (C=O) groups excluding carboxylic acids is 1. The Morgan fingerprint density at radius 1 is 1.18 bits per heavy atom. The van der Waals surface area contributed by atoms with Gasteiger partial charge >= 0.3 is 6.09 Å². The minimum atomic E-state index is -2.87. The lowest BCUT2D eigenvalue weighted by Crippen LogP contribution is -2.42. The summed E-state index contributed by atoms with van der Waals surface area (Å²) < 4.78 is 32.9. The summed E-state index contributed by atoms with van der Waals surface area (Å²) >= 11 is 0. The zero-order valence-corrected chi connectivity index (χ0v) is 13.7. The fourth-order valence-corrected chi connectivity index (χ4v) is 3.63. The lowest BCUT2D eigenvalue weighted by molar-refractivity contribution is 0.0675. The van der Waals surface area contributed by atoms with Crippen LogP contribution in [0.3, 0.4) is 0 Å². The average Bonchev–Trinajstić information content (AvgIpc) is 2.50. The Hall–Kier alpha value is -1.19. The summed E-state index contributed by atoms with van der Waals surface area (Å²) in [7, 11) is -2.87. The van der Waals surface area contributed by atoms with E-state index in [1.807, 2.05) is 9.80 Å². The van der Waals surface area contributed by atoms with Crippen LogP contribution in [0.1, 0.15) is 6.92 Å². The summed E-state index contributed by atoms with van der Waals surface area (Å²) in [6, 6.07) is 0. The second-order valence-electron chi connectivity index (χ2n) is 5.37. The minimum Gasteiger partial charge on any atom is -0.447 e. The summed E-state index contributed by atoms with van der Waals surface area (Å²) in [5.41, 5.74) is 0. The molecular weight excluding hydrogens is 310 g/mol. The number of hydrogen-bond donors (Lipinski definition) is 0. The van der Waals surface area contributed by atoms with Crippen LogP contribution in [0, 0.1) is 0 Å². The van der Waals surface area contributed by atoms with Crippen molar-refractivity contribution in [2.24, 2.45) is 4.99 Å². The smallest absolute Gasteiger partial charge is 0.435 e. The average molecular weight is 333 g/mol. The molecule has 0 aromatic rings. The normalized spacial score (nSPS) is 23.3. The molecule has 1 amide bonds. The predicted octanol–water partition coefficient (Wildman–Crippen LogP) is -0.396. The first kappa shape index (κ1) is 17.2. The van der Waals surface area contributed by atoms with Crippen molar-refractivity contribution in [3.05, 3.63) is 0 Å². The van der Waals surface area contributed by atoms with E-state index in [2.05, 4.69) is 4.99 Å². The first-order valence-corrected chi connectivity index (χ1v) is 9.26. The Balaban J connectivity index is 1.67. The molecule has 0 aromatic heterocycles. The van der Waals surface area contributed by atoms with Gasteiger partial charge in [0.15, 0.2) is 9.84 Å². The number of amides is 1. The molecule has 2 heterocycles. The van der Waals surface area contributed by atoms with Gasteiger partial charge in [0.25, 0.3) is 0 Å². The Morgan fingerprint density at radius 2 is 1.82 bits per heavy atom. The molecule has 9 heteroatoms. The van der Waals surface area contributed by atoms with Crippen molar-refractivity contribution in [3.8, 4) is 0 Å². The molecule has 2 rings (SSSR count). The van der Waals surface area contributed by atoms with Crippen molar-refractivity contribution < 1.29 is 22.7 Å². The SMILES string of the molecule is C/C(=N/C(=O)OCCN1CCS(=O)(=O)CC1)N1CCOCC1. The van der Waals surface area contributed by atoms with Crippen LogP contribution in [0.2, 0.25) is 0 Å². The van der Waals surface area contributed by atoms with Crippen molar-refractivity contribution in [1.82, 2.24) is 9.80 Å². The molecule has 0 radical (unpaired) electrons. The van der Waals surface area contributed by atoms with Crippen LogP contribution in [0.5, 0.6) is 0 Å². The molecule has 126 valence electrons. The van der Waals surface area contributed by atoms with Crippen LogP contribution < -0.4 is 0 Å². The number of aliphatic imine (C=N–C) groups is 1. The van der Waals surface area contributed by atoms with Gasteiger partial charge in [0.2, 0.25) is 0 Å². The third-order valence-electron chi connectivity index (χ3n) is 3.79. The van der Waals surface area contributed by atoms with Gasteiger partial charge in [0, 0.05) is 32.7 Å². The van der Waals surface area contributed by atoms with E-state index in [-0.39, 0.29) is 18.1 Å². The van der Waals surface area contributed by atoms with E-state index in [4.69, 9.17) is 9.47 Å². The quantitative estimate of drug-likeness (QED) is 0.513. The molecule has 2 saturated heterocycles. The lowest BCUT2D eigenvalue weighted by atomic mass is 10.4. The summed E-state index contributed by atoms with van der Waals surface area (Å²) in [5.74, 6) is 0.988. The molecule has 2 aliphatic heterocycles. The van der Waals surface area contributed by atoms with E-state index in [0.717, 1.165) is 13.1 Å². The van der Waals surface area contributed by atoms with E-state index in [0.29, 0.717) is 38.7 Å². The van der Waals surface area contributed by atoms with Crippen LogP contribution in [0.25, 0.3) is 0 Å². The molecule has 0 saturated carbocycles. The topological polar surface area (TPSA) is 88.5 Å². The van der Waals surface area contributed by atoms with Gasteiger partial charge in [-0.2, -0.15) is 4.99 Å². The highest BCUT2D eigenvalue weighted by atomic mass is 32.2. The maximum atomic E-state index is 11.7.